The number of aromatic nitrogens is 2. The van der Waals surface area contributed by atoms with E-state index in [4.69, 9.17) is 5.11 Å². The fourth-order valence-electron chi connectivity index (χ4n) is 4.00. The summed E-state index contributed by atoms with van der Waals surface area (Å²) in [4.78, 5) is 19.5. The number of hydrogen-bond donors (Lipinski definition) is 1. The summed E-state index contributed by atoms with van der Waals surface area (Å²) in [5.74, 6) is -0.457. The predicted octanol–water partition coefficient (Wildman–Crippen LogP) is 3.36. The zero-order valence-electron chi connectivity index (χ0n) is 15.7. The molecular weight excluding hydrogens is 354 g/mol. The van der Waals surface area contributed by atoms with E-state index < -0.39 is 12.5 Å². The van der Waals surface area contributed by atoms with Gasteiger partial charge in [0.2, 0.25) is 0 Å². The lowest BCUT2D eigenvalue weighted by Crippen LogP contribution is -2.37. The Morgan fingerprint density at radius 2 is 2.07 bits per heavy atom. The first-order valence-electron chi connectivity index (χ1n) is 9.29. The maximum Gasteiger partial charge on any atom is 0.320 e. The molecule has 2 unspecified atom stereocenters. The fraction of sp³-hybridized carbons (Fsp3) is 0.579. The van der Waals surface area contributed by atoms with Gasteiger partial charge in [-0.1, -0.05) is 12.1 Å². The molecule has 1 N–H and O–H groups in total. The van der Waals surface area contributed by atoms with Gasteiger partial charge in [0.15, 0.2) is 0 Å². The molecule has 27 heavy (non-hydrogen) atoms. The lowest BCUT2D eigenvalue weighted by Gasteiger charge is -2.28. The summed E-state index contributed by atoms with van der Waals surface area (Å²) in [5, 5.41) is 8.99. The third-order valence-corrected chi connectivity index (χ3v) is 5.48. The second-order valence-corrected chi connectivity index (χ2v) is 7.21. The molecule has 3 rings (SSSR count). The molecule has 0 spiro atoms. The maximum absolute atomic E-state index is 13.7. The van der Waals surface area contributed by atoms with Crippen LogP contribution in [0.2, 0.25) is 0 Å². The van der Waals surface area contributed by atoms with Crippen LogP contribution in [0.1, 0.15) is 44.6 Å². The van der Waals surface area contributed by atoms with Crippen molar-refractivity contribution in [1.29, 1.82) is 0 Å². The molecular formula is C19H26F2N4O2. The molecule has 1 aliphatic heterocycles. The van der Waals surface area contributed by atoms with E-state index in [9.17, 15) is 13.6 Å². The number of carboxylic acids is 1. The number of likely N-dealkylation sites (N-methyl/N-ethyl adjacent to an activating group) is 1. The highest BCUT2D eigenvalue weighted by atomic mass is 19.3. The highest BCUT2D eigenvalue weighted by molar-refractivity contribution is 5.76. The number of fused-ring (bicyclic) bond motifs is 1. The minimum atomic E-state index is -2.64. The molecule has 0 amide bonds. The molecule has 1 aromatic heterocycles. The monoisotopic (exact) mass is 380 g/mol. The summed E-state index contributed by atoms with van der Waals surface area (Å²) in [6.45, 7) is 0.798. The number of para-hydroxylation sites is 2. The quantitative estimate of drug-likeness (QED) is 0.833. The van der Waals surface area contributed by atoms with Gasteiger partial charge in [0.05, 0.1) is 23.6 Å². The van der Waals surface area contributed by atoms with Crippen LogP contribution in [-0.2, 0) is 4.79 Å². The number of carbonyl (C=O) groups is 1. The fourth-order valence-corrected chi connectivity index (χ4v) is 4.00. The zero-order valence-corrected chi connectivity index (χ0v) is 15.7. The van der Waals surface area contributed by atoms with Crippen LogP contribution in [-0.4, -0.2) is 63.2 Å². The van der Waals surface area contributed by atoms with E-state index in [0.29, 0.717) is 16.9 Å². The molecule has 0 radical (unpaired) electrons. The Balaban J connectivity index is 1.78. The Labute approximate surface area is 157 Å². The van der Waals surface area contributed by atoms with Crippen LogP contribution in [0.5, 0.6) is 0 Å². The van der Waals surface area contributed by atoms with Gasteiger partial charge in [-0.25, -0.2) is 4.98 Å². The van der Waals surface area contributed by atoms with E-state index in [-0.39, 0.29) is 18.6 Å². The van der Waals surface area contributed by atoms with E-state index >= 15 is 0 Å². The van der Waals surface area contributed by atoms with Crippen molar-refractivity contribution < 1.29 is 18.7 Å². The van der Waals surface area contributed by atoms with E-state index in [2.05, 4.69) is 9.88 Å². The van der Waals surface area contributed by atoms with Gasteiger partial charge in [-0.2, -0.15) is 8.78 Å². The Kier molecular flexibility index (Phi) is 6.06. The zero-order chi connectivity index (χ0) is 19.6. The topological polar surface area (TPSA) is 61.6 Å². The van der Waals surface area contributed by atoms with Crippen molar-refractivity contribution in [2.24, 2.45) is 0 Å². The van der Waals surface area contributed by atoms with Crippen LogP contribution in [0, 0.1) is 0 Å². The van der Waals surface area contributed by atoms with Gasteiger partial charge in [0.25, 0.3) is 0 Å². The molecule has 1 aromatic carbocycles. The summed E-state index contributed by atoms with van der Waals surface area (Å²) < 4.78 is 28.5. The van der Waals surface area contributed by atoms with Crippen LogP contribution in [0.25, 0.3) is 11.0 Å². The van der Waals surface area contributed by atoms with Gasteiger partial charge < -0.3 is 5.11 Å². The standard InChI is InChI=1S/C19H26F2N4O2/c1-13(18-22-15-7-3-4-8-16(15)25(18)19(20)21)24-10-5-6-14(9-11-24)23(2)12-17(26)27/h3-4,7-8,13-14,19H,5-6,9-12H2,1-2H3,(H,26,27). The largest absolute Gasteiger partial charge is 0.480 e. The van der Waals surface area contributed by atoms with Crippen LogP contribution in [0.4, 0.5) is 8.78 Å². The SMILES string of the molecule is CC(c1nc2ccccc2n1C(F)F)N1CCCC(N(C)CC(=O)O)CC1. The van der Waals surface area contributed by atoms with Gasteiger partial charge >= 0.3 is 12.5 Å². The number of rotatable bonds is 6. The summed E-state index contributed by atoms with van der Waals surface area (Å²) in [6.07, 6.45) is 2.61. The molecule has 0 saturated carbocycles. The smallest absolute Gasteiger partial charge is 0.320 e. The van der Waals surface area contributed by atoms with E-state index in [0.717, 1.165) is 36.9 Å². The van der Waals surface area contributed by atoms with Crippen molar-refractivity contribution in [3.63, 3.8) is 0 Å². The van der Waals surface area contributed by atoms with Crippen LogP contribution < -0.4 is 0 Å². The minimum Gasteiger partial charge on any atom is -0.480 e. The molecule has 6 nitrogen and oxygen atoms in total. The van der Waals surface area contributed by atoms with Gasteiger partial charge in [-0.15, -0.1) is 0 Å². The molecule has 1 saturated heterocycles. The van der Waals surface area contributed by atoms with Crippen molar-refractivity contribution in [3.05, 3.63) is 30.1 Å². The average molecular weight is 380 g/mol. The second-order valence-electron chi connectivity index (χ2n) is 7.21. The number of aliphatic carboxylic acids is 1. The van der Waals surface area contributed by atoms with Crippen molar-refractivity contribution in [3.8, 4) is 0 Å². The molecule has 2 aromatic rings. The summed E-state index contributed by atoms with van der Waals surface area (Å²) >= 11 is 0. The third kappa shape index (κ3) is 4.27. The molecule has 2 atom stereocenters. The molecule has 0 aliphatic carbocycles. The molecule has 2 heterocycles. The number of nitrogens with zero attached hydrogens (tertiary/aromatic N) is 4. The Bertz CT molecular complexity index is 795. The molecule has 1 fully saturated rings. The molecule has 8 heteroatoms. The molecule has 148 valence electrons. The van der Waals surface area contributed by atoms with Gasteiger partial charge in [0, 0.05) is 12.6 Å². The Morgan fingerprint density at radius 1 is 1.33 bits per heavy atom. The average Bonchev–Trinajstić information content (AvgIpc) is 2.83. The highest BCUT2D eigenvalue weighted by Crippen LogP contribution is 2.30. The van der Waals surface area contributed by atoms with E-state index in [1.807, 2.05) is 18.9 Å². The number of alkyl halides is 2. The van der Waals surface area contributed by atoms with E-state index in [1.165, 1.54) is 0 Å². The lowest BCUT2D eigenvalue weighted by atomic mass is 10.1. The normalized spacial score (nSPS) is 20.3. The lowest BCUT2D eigenvalue weighted by molar-refractivity contribution is -0.138. The van der Waals surface area contributed by atoms with Crippen molar-refractivity contribution in [1.82, 2.24) is 19.4 Å². The van der Waals surface area contributed by atoms with E-state index in [1.54, 1.807) is 24.3 Å². The first kappa shape index (κ1) is 19.7. The number of hydrogen-bond acceptors (Lipinski definition) is 4. The summed E-state index contributed by atoms with van der Waals surface area (Å²) in [5.41, 5.74) is 1.02. The number of benzene rings is 1. The first-order valence-corrected chi connectivity index (χ1v) is 9.29. The van der Waals surface area contributed by atoms with Crippen LogP contribution >= 0.6 is 0 Å². The van der Waals surface area contributed by atoms with Gasteiger partial charge in [0.1, 0.15) is 5.82 Å². The third-order valence-electron chi connectivity index (χ3n) is 5.48. The Hall–Kier alpha value is -2.06. The van der Waals surface area contributed by atoms with Crippen molar-refractivity contribution >= 4 is 17.0 Å². The number of likely N-dealkylation sites (tertiary alicyclic amines) is 1. The van der Waals surface area contributed by atoms with Gasteiger partial charge in [-0.3, -0.25) is 19.2 Å². The van der Waals surface area contributed by atoms with Crippen molar-refractivity contribution in [2.45, 2.75) is 44.8 Å². The number of imidazole rings is 1. The van der Waals surface area contributed by atoms with Crippen LogP contribution in [0.15, 0.2) is 24.3 Å². The second kappa shape index (κ2) is 8.31. The number of halogens is 2. The van der Waals surface area contributed by atoms with Gasteiger partial charge in [-0.05, 0) is 51.9 Å². The van der Waals surface area contributed by atoms with Crippen molar-refractivity contribution in [2.75, 3.05) is 26.7 Å². The minimum absolute atomic E-state index is 0.0153. The number of carboxylic acid groups (broad SMARTS) is 1. The summed E-state index contributed by atoms with van der Waals surface area (Å²) in [6, 6.07) is 6.91. The maximum atomic E-state index is 13.7. The highest BCUT2D eigenvalue weighted by Gasteiger charge is 2.28. The molecule has 1 aliphatic rings. The first-order chi connectivity index (χ1) is 12.9. The molecule has 0 bridgehead atoms. The predicted molar refractivity (Wildman–Crippen MR) is 98.9 cm³/mol. The summed E-state index contributed by atoms with van der Waals surface area (Å²) in [7, 11) is 1.83. The van der Waals surface area contributed by atoms with Crippen LogP contribution in [0.3, 0.4) is 0 Å². The Morgan fingerprint density at radius 3 is 2.78 bits per heavy atom.